The van der Waals surface area contributed by atoms with Crippen molar-refractivity contribution in [1.29, 1.82) is 0 Å². The van der Waals surface area contributed by atoms with Gasteiger partial charge in [-0.1, -0.05) is 0 Å². The maximum absolute atomic E-state index is 3.36. The van der Waals surface area contributed by atoms with E-state index in [9.17, 15) is 0 Å². The van der Waals surface area contributed by atoms with Gasteiger partial charge < -0.3 is 5.32 Å². The van der Waals surface area contributed by atoms with Crippen molar-refractivity contribution in [2.24, 2.45) is 0 Å². The van der Waals surface area contributed by atoms with Gasteiger partial charge in [-0.2, -0.15) is 0 Å². The molecule has 8 heavy (non-hydrogen) atoms. The molecular formula is C6H15NS. The maximum atomic E-state index is 3.36. The van der Waals surface area contributed by atoms with Gasteiger partial charge in [0.05, 0.1) is 5.37 Å². The molecule has 1 N–H and O–H groups in total. The summed E-state index contributed by atoms with van der Waals surface area (Å²) in [5.74, 6) is 0. The van der Waals surface area contributed by atoms with Crippen LogP contribution in [0.4, 0.5) is 0 Å². The van der Waals surface area contributed by atoms with Gasteiger partial charge in [-0.25, -0.2) is 0 Å². The quantitative estimate of drug-likeness (QED) is 0.588. The van der Waals surface area contributed by atoms with Crippen LogP contribution >= 0.6 is 11.8 Å². The Balaban J connectivity index is 3.10. The predicted molar refractivity (Wildman–Crippen MR) is 41.2 cm³/mol. The molecule has 0 aliphatic heterocycles. The van der Waals surface area contributed by atoms with Gasteiger partial charge in [-0.15, -0.1) is 11.8 Å². The molecule has 2 heteroatoms. The van der Waals surface area contributed by atoms with Crippen LogP contribution in [0.15, 0.2) is 0 Å². The van der Waals surface area contributed by atoms with Gasteiger partial charge >= 0.3 is 0 Å². The van der Waals surface area contributed by atoms with Crippen molar-refractivity contribution in [3.63, 3.8) is 0 Å². The monoisotopic (exact) mass is 133 g/mol. The van der Waals surface area contributed by atoms with E-state index in [-0.39, 0.29) is 0 Å². The minimum absolute atomic E-state index is 0.593. The van der Waals surface area contributed by atoms with Crippen molar-refractivity contribution < 1.29 is 0 Å². The van der Waals surface area contributed by atoms with E-state index in [0.717, 1.165) is 0 Å². The Morgan fingerprint density at radius 1 is 1.25 bits per heavy atom. The van der Waals surface area contributed by atoms with Crippen molar-refractivity contribution in [3.05, 3.63) is 0 Å². The zero-order valence-electron chi connectivity index (χ0n) is 6.06. The Labute approximate surface area is 56.2 Å². The molecule has 0 aliphatic rings. The number of thioether (sulfide) groups is 1. The van der Waals surface area contributed by atoms with E-state index in [4.69, 9.17) is 0 Å². The Bertz CT molecular complexity index is 54.5. The molecule has 0 aromatic rings. The SMILES string of the molecule is CSC(C)NC(C)C. The van der Waals surface area contributed by atoms with Crippen LogP contribution < -0.4 is 5.32 Å². The lowest BCUT2D eigenvalue weighted by molar-refractivity contribution is 0.587. The molecule has 0 aliphatic carbocycles. The van der Waals surface area contributed by atoms with Gasteiger partial charge in [0.15, 0.2) is 0 Å². The van der Waals surface area contributed by atoms with E-state index in [1.54, 1.807) is 0 Å². The summed E-state index contributed by atoms with van der Waals surface area (Å²) in [5, 5.41) is 3.95. The predicted octanol–water partition coefficient (Wildman–Crippen LogP) is 1.69. The molecule has 0 heterocycles. The molecule has 0 radical (unpaired) electrons. The average Bonchev–Trinajstić information content (AvgIpc) is 1.65. The zero-order valence-corrected chi connectivity index (χ0v) is 6.88. The van der Waals surface area contributed by atoms with Crippen molar-refractivity contribution in [1.82, 2.24) is 5.32 Å². The molecular weight excluding hydrogens is 118 g/mol. The first-order valence-corrected chi connectivity index (χ1v) is 4.24. The summed E-state index contributed by atoms with van der Waals surface area (Å²) in [6.45, 7) is 6.49. The molecule has 0 saturated carbocycles. The average molecular weight is 133 g/mol. The van der Waals surface area contributed by atoms with E-state index in [2.05, 4.69) is 32.3 Å². The molecule has 50 valence electrons. The molecule has 0 rings (SSSR count). The number of rotatable bonds is 3. The summed E-state index contributed by atoms with van der Waals surface area (Å²) in [4.78, 5) is 0. The molecule has 0 aromatic carbocycles. The van der Waals surface area contributed by atoms with Crippen molar-refractivity contribution in [2.75, 3.05) is 6.26 Å². The standard InChI is InChI=1S/C6H15NS/c1-5(2)7-6(3)8-4/h5-7H,1-4H3. The number of nitrogens with one attached hydrogen (secondary N) is 1. The summed E-state index contributed by atoms with van der Waals surface area (Å²) in [5.41, 5.74) is 0. The fourth-order valence-corrected chi connectivity index (χ4v) is 0.946. The van der Waals surface area contributed by atoms with Crippen LogP contribution in [0.2, 0.25) is 0 Å². The molecule has 0 saturated heterocycles. The zero-order chi connectivity index (χ0) is 6.57. The lowest BCUT2D eigenvalue weighted by atomic mass is 10.4. The van der Waals surface area contributed by atoms with Gasteiger partial charge in [0.2, 0.25) is 0 Å². The Hall–Kier alpha value is 0.310. The van der Waals surface area contributed by atoms with Crippen LogP contribution in [0.5, 0.6) is 0 Å². The van der Waals surface area contributed by atoms with E-state index in [0.29, 0.717) is 11.4 Å². The van der Waals surface area contributed by atoms with E-state index in [1.165, 1.54) is 0 Å². The van der Waals surface area contributed by atoms with E-state index in [1.807, 2.05) is 11.8 Å². The lowest BCUT2D eigenvalue weighted by Gasteiger charge is -2.13. The summed E-state index contributed by atoms with van der Waals surface area (Å²) in [6.07, 6.45) is 2.11. The van der Waals surface area contributed by atoms with Crippen molar-refractivity contribution >= 4 is 11.8 Å². The van der Waals surface area contributed by atoms with Crippen LogP contribution in [0, 0.1) is 0 Å². The third-order valence-electron chi connectivity index (χ3n) is 0.922. The first kappa shape index (κ1) is 8.31. The van der Waals surface area contributed by atoms with Crippen molar-refractivity contribution in [2.45, 2.75) is 32.2 Å². The van der Waals surface area contributed by atoms with Gasteiger partial charge in [-0.05, 0) is 27.0 Å². The number of hydrogen-bond donors (Lipinski definition) is 1. The third kappa shape index (κ3) is 4.47. The second kappa shape index (κ2) is 4.21. The molecule has 1 atom stereocenters. The summed E-state index contributed by atoms with van der Waals surface area (Å²) >= 11 is 1.84. The van der Waals surface area contributed by atoms with Crippen LogP contribution in [-0.2, 0) is 0 Å². The molecule has 0 bridgehead atoms. The van der Waals surface area contributed by atoms with Gasteiger partial charge in [0.25, 0.3) is 0 Å². The minimum atomic E-state index is 0.593. The summed E-state index contributed by atoms with van der Waals surface area (Å²) in [6, 6.07) is 0.609. The normalized spacial score (nSPS) is 14.6. The largest absolute Gasteiger partial charge is 0.303 e. The topological polar surface area (TPSA) is 12.0 Å². The Kier molecular flexibility index (Phi) is 4.38. The highest BCUT2D eigenvalue weighted by molar-refractivity contribution is 7.99. The molecule has 0 amide bonds. The highest BCUT2D eigenvalue weighted by Crippen LogP contribution is 2.00. The first-order chi connectivity index (χ1) is 3.66. The second-order valence-electron chi connectivity index (χ2n) is 2.20. The fraction of sp³-hybridized carbons (Fsp3) is 1.00. The van der Waals surface area contributed by atoms with Gasteiger partial charge in [0.1, 0.15) is 0 Å². The van der Waals surface area contributed by atoms with Crippen LogP contribution in [0.3, 0.4) is 0 Å². The second-order valence-corrected chi connectivity index (χ2v) is 3.38. The molecule has 0 fully saturated rings. The molecule has 1 unspecified atom stereocenters. The third-order valence-corrected chi connectivity index (χ3v) is 1.76. The van der Waals surface area contributed by atoms with E-state index >= 15 is 0 Å². The Morgan fingerprint density at radius 2 is 1.75 bits per heavy atom. The van der Waals surface area contributed by atoms with Crippen LogP contribution in [0.25, 0.3) is 0 Å². The molecule has 1 nitrogen and oxygen atoms in total. The molecule has 0 spiro atoms. The van der Waals surface area contributed by atoms with Crippen LogP contribution in [-0.4, -0.2) is 17.7 Å². The number of hydrogen-bond acceptors (Lipinski definition) is 2. The highest BCUT2D eigenvalue weighted by atomic mass is 32.2. The van der Waals surface area contributed by atoms with Crippen LogP contribution in [0.1, 0.15) is 20.8 Å². The summed E-state index contributed by atoms with van der Waals surface area (Å²) < 4.78 is 0. The van der Waals surface area contributed by atoms with Crippen molar-refractivity contribution in [3.8, 4) is 0 Å². The smallest absolute Gasteiger partial charge is 0.0502 e. The highest BCUT2D eigenvalue weighted by Gasteiger charge is 1.97. The maximum Gasteiger partial charge on any atom is 0.0502 e. The Morgan fingerprint density at radius 3 is 1.88 bits per heavy atom. The van der Waals surface area contributed by atoms with E-state index < -0.39 is 0 Å². The summed E-state index contributed by atoms with van der Waals surface area (Å²) in [7, 11) is 0. The minimum Gasteiger partial charge on any atom is -0.303 e. The van der Waals surface area contributed by atoms with Gasteiger partial charge in [0, 0.05) is 6.04 Å². The fourth-order valence-electron chi connectivity index (χ4n) is 0.537. The molecule has 0 aromatic heterocycles. The lowest BCUT2D eigenvalue weighted by Crippen LogP contribution is -2.29. The first-order valence-electron chi connectivity index (χ1n) is 2.95. The van der Waals surface area contributed by atoms with Gasteiger partial charge in [-0.3, -0.25) is 0 Å².